The molecule has 2 unspecified atom stereocenters. The minimum Gasteiger partial charge on any atom is -0.497 e. The Labute approximate surface area is 200 Å². The van der Waals surface area contributed by atoms with Crippen LogP contribution in [-0.4, -0.2) is 56.5 Å². The van der Waals surface area contributed by atoms with E-state index in [1.54, 1.807) is 38.5 Å². The molecule has 3 amide bonds. The Hall–Kier alpha value is -3.55. The van der Waals surface area contributed by atoms with E-state index in [-0.39, 0.29) is 43.3 Å². The Bertz CT molecular complexity index is 975. The quantitative estimate of drug-likeness (QED) is 0.496. The van der Waals surface area contributed by atoms with Crippen molar-refractivity contribution in [2.45, 2.75) is 32.2 Å². The molecule has 34 heavy (non-hydrogen) atoms. The highest BCUT2D eigenvalue weighted by molar-refractivity contribution is 5.94. The lowest BCUT2D eigenvalue weighted by Crippen LogP contribution is -2.39. The highest BCUT2D eigenvalue weighted by Gasteiger charge is 2.44. The molecule has 1 aliphatic heterocycles. The van der Waals surface area contributed by atoms with Gasteiger partial charge in [0.2, 0.25) is 11.8 Å². The SMILES string of the molecule is CCCCN1C(=O)CC(C(=O)NCCNC(=O)c2ccc(OC)cc2)C1c1ccc(OC)cc1. The third kappa shape index (κ3) is 6.07. The standard InChI is InChI=1S/C26H33N3O5/c1-4-5-16-29-23(30)17-22(24(29)18-6-10-20(33-2)11-7-18)26(32)28-15-14-27-25(31)19-8-12-21(34-3)13-9-19/h6-13,22,24H,4-5,14-17H2,1-3H3,(H,27,31)(H,28,32). The van der Waals surface area contributed by atoms with Crippen molar-refractivity contribution in [2.24, 2.45) is 5.92 Å². The van der Waals surface area contributed by atoms with Crippen LogP contribution in [0.1, 0.15) is 48.1 Å². The van der Waals surface area contributed by atoms with Crippen LogP contribution in [0.2, 0.25) is 0 Å². The average Bonchev–Trinajstić information content (AvgIpc) is 3.21. The van der Waals surface area contributed by atoms with Gasteiger partial charge in [-0.1, -0.05) is 25.5 Å². The number of nitrogens with zero attached hydrogens (tertiary/aromatic N) is 1. The lowest BCUT2D eigenvalue weighted by atomic mass is 9.92. The number of unbranched alkanes of at least 4 members (excludes halogenated alkanes) is 1. The summed E-state index contributed by atoms with van der Waals surface area (Å²) >= 11 is 0. The van der Waals surface area contributed by atoms with Gasteiger partial charge in [-0.3, -0.25) is 14.4 Å². The molecule has 0 saturated carbocycles. The topological polar surface area (TPSA) is 97.0 Å². The molecule has 2 aromatic rings. The third-order valence-electron chi connectivity index (χ3n) is 6.04. The molecule has 1 fully saturated rings. The molecule has 0 aromatic heterocycles. The summed E-state index contributed by atoms with van der Waals surface area (Å²) in [5.41, 5.74) is 1.43. The zero-order chi connectivity index (χ0) is 24.5. The van der Waals surface area contributed by atoms with E-state index in [0.717, 1.165) is 24.2 Å². The molecular formula is C26H33N3O5. The first kappa shape index (κ1) is 25.1. The number of nitrogens with one attached hydrogen (secondary N) is 2. The van der Waals surface area contributed by atoms with Crippen molar-refractivity contribution in [1.29, 1.82) is 0 Å². The van der Waals surface area contributed by atoms with Crippen LogP contribution < -0.4 is 20.1 Å². The van der Waals surface area contributed by atoms with Gasteiger partial charge in [0.15, 0.2) is 0 Å². The van der Waals surface area contributed by atoms with Crippen molar-refractivity contribution in [3.8, 4) is 11.5 Å². The van der Waals surface area contributed by atoms with Gasteiger partial charge in [0.05, 0.1) is 26.2 Å². The van der Waals surface area contributed by atoms with Gasteiger partial charge < -0.3 is 25.0 Å². The molecule has 0 spiro atoms. The normalized spacial score (nSPS) is 17.4. The second kappa shape index (κ2) is 12.1. The molecule has 1 heterocycles. The zero-order valence-corrected chi connectivity index (χ0v) is 20.0. The maximum atomic E-state index is 13.1. The first-order valence-electron chi connectivity index (χ1n) is 11.6. The molecule has 2 atom stereocenters. The Morgan fingerprint density at radius 1 is 0.941 bits per heavy atom. The fourth-order valence-corrected chi connectivity index (χ4v) is 4.17. The Kier molecular flexibility index (Phi) is 8.90. The molecule has 1 saturated heterocycles. The fourth-order valence-electron chi connectivity index (χ4n) is 4.17. The van der Waals surface area contributed by atoms with Crippen molar-refractivity contribution in [3.05, 3.63) is 59.7 Å². The van der Waals surface area contributed by atoms with Crippen LogP contribution in [0, 0.1) is 5.92 Å². The smallest absolute Gasteiger partial charge is 0.251 e. The molecule has 2 N–H and O–H groups in total. The van der Waals surface area contributed by atoms with Crippen molar-refractivity contribution in [3.63, 3.8) is 0 Å². The van der Waals surface area contributed by atoms with Gasteiger partial charge in [0, 0.05) is 31.6 Å². The largest absolute Gasteiger partial charge is 0.497 e. The Morgan fingerprint density at radius 3 is 2.12 bits per heavy atom. The number of benzene rings is 2. The molecule has 3 rings (SSSR count). The van der Waals surface area contributed by atoms with Crippen LogP contribution in [0.15, 0.2) is 48.5 Å². The molecule has 182 valence electrons. The predicted molar refractivity (Wildman–Crippen MR) is 129 cm³/mol. The summed E-state index contributed by atoms with van der Waals surface area (Å²) in [5.74, 6) is 0.482. The summed E-state index contributed by atoms with van der Waals surface area (Å²) in [7, 11) is 3.17. The van der Waals surface area contributed by atoms with Crippen molar-refractivity contribution >= 4 is 17.7 Å². The van der Waals surface area contributed by atoms with Gasteiger partial charge in [-0.2, -0.15) is 0 Å². The average molecular weight is 468 g/mol. The predicted octanol–water partition coefficient (Wildman–Crippen LogP) is 2.94. The summed E-state index contributed by atoms with van der Waals surface area (Å²) in [6.07, 6.45) is 2.01. The Morgan fingerprint density at radius 2 is 1.53 bits per heavy atom. The zero-order valence-electron chi connectivity index (χ0n) is 20.0. The molecule has 1 aliphatic rings. The van der Waals surface area contributed by atoms with E-state index in [1.165, 1.54) is 0 Å². The molecule has 0 radical (unpaired) electrons. The van der Waals surface area contributed by atoms with E-state index in [9.17, 15) is 14.4 Å². The number of hydrogen-bond acceptors (Lipinski definition) is 5. The first-order valence-corrected chi connectivity index (χ1v) is 11.6. The highest BCUT2D eigenvalue weighted by atomic mass is 16.5. The van der Waals surface area contributed by atoms with Crippen LogP contribution in [-0.2, 0) is 9.59 Å². The van der Waals surface area contributed by atoms with Crippen molar-refractivity contribution in [2.75, 3.05) is 33.9 Å². The van der Waals surface area contributed by atoms with Crippen LogP contribution in [0.25, 0.3) is 0 Å². The lowest BCUT2D eigenvalue weighted by Gasteiger charge is -2.28. The van der Waals surface area contributed by atoms with Crippen LogP contribution in [0.3, 0.4) is 0 Å². The van der Waals surface area contributed by atoms with Gasteiger partial charge >= 0.3 is 0 Å². The van der Waals surface area contributed by atoms with Crippen molar-refractivity contribution < 1.29 is 23.9 Å². The number of ether oxygens (including phenoxy) is 2. The van der Waals surface area contributed by atoms with E-state index in [0.29, 0.717) is 17.9 Å². The first-order chi connectivity index (χ1) is 16.5. The van der Waals surface area contributed by atoms with Crippen LogP contribution in [0.5, 0.6) is 11.5 Å². The van der Waals surface area contributed by atoms with Crippen molar-refractivity contribution in [1.82, 2.24) is 15.5 Å². The van der Waals surface area contributed by atoms with E-state index >= 15 is 0 Å². The summed E-state index contributed by atoms with van der Waals surface area (Å²) in [4.78, 5) is 40.0. The maximum Gasteiger partial charge on any atom is 0.251 e. The molecular weight excluding hydrogens is 434 g/mol. The maximum absolute atomic E-state index is 13.1. The molecule has 8 heteroatoms. The number of carbonyl (C=O) groups is 3. The molecule has 2 aromatic carbocycles. The highest BCUT2D eigenvalue weighted by Crippen LogP contribution is 2.39. The number of hydrogen-bond donors (Lipinski definition) is 2. The van der Waals surface area contributed by atoms with Gasteiger partial charge in [-0.25, -0.2) is 0 Å². The van der Waals surface area contributed by atoms with Crippen LogP contribution in [0.4, 0.5) is 0 Å². The number of carbonyl (C=O) groups excluding carboxylic acids is 3. The number of likely N-dealkylation sites (tertiary alicyclic amines) is 1. The molecule has 0 aliphatic carbocycles. The van der Waals surface area contributed by atoms with Gasteiger partial charge in [-0.05, 0) is 48.4 Å². The van der Waals surface area contributed by atoms with E-state index < -0.39 is 5.92 Å². The molecule has 0 bridgehead atoms. The van der Waals surface area contributed by atoms with Gasteiger partial charge in [-0.15, -0.1) is 0 Å². The number of amides is 3. The summed E-state index contributed by atoms with van der Waals surface area (Å²) in [6.45, 7) is 3.25. The van der Waals surface area contributed by atoms with Gasteiger partial charge in [0.1, 0.15) is 11.5 Å². The lowest BCUT2D eigenvalue weighted by molar-refractivity contribution is -0.129. The number of methoxy groups -OCH3 is 2. The van der Waals surface area contributed by atoms with Crippen LogP contribution >= 0.6 is 0 Å². The summed E-state index contributed by atoms with van der Waals surface area (Å²) in [5, 5.41) is 5.69. The molecule has 8 nitrogen and oxygen atoms in total. The third-order valence-corrected chi connectivity index (χ3v) is 6.04. The van der Waals surface area contributed by atoms with E-state index in [4.69, 9.17) is 9.47 Å². The van der Waals surface area contributed by atoms with E-state index in [2.05, 4.69) is 17.6 Å². The van der Waals surface area contributed by atoms with Gasteiger partial charge in [0.25, 0.3) is 5.91 Å². The van der Waals surface area contributed by atoms with E-state index in [1.807, 2.05) is 29.2 Å². The monoisotopic (exact) mass is 467 g/mol. The summed E-state index contributed by atoms with van der Waals surface area (Å²) in [6, 6.07) is 14.0. The second-order valence-electron chi connectivity index (χ2n) is 8.24. The Balaban J connectivity index is 1.60. The minimum atomic E-state index is -0.491. The fraction of sp³-hybridized carbons (Fsp3) is 0.423. The minimum absolute atomic E-state index is 0.0118. The second-order valence-corrected chi connectivity index (χ2v) is 8.24. The number of rotatable bonds is 11. The summed E-state index contributed by atoms with van der Waals surface area (Å²) < 4.78 is 10.3.